The molecule has 9 nitrogen and oxygen atoms in total. The van der Waals surface area contributed by atoms with Crippen LogP contribution < -0.4 is 10.5 Å². The number of nitriles is 1. The van der Waals surface area contributed by atoms with E-state index in [0.29, 0.717) is 37.5 Å². The molecule has 2 aliphatic rings. The fourth-order valence-corrected chi connectivity index (χ4v) is 12.8. The average Bonchev–Trinajstić information content (AvgIpc) is 3.84. The standard InChI is InChI=1S/C44H57N3O6S2Si/c1-9-13-14-15-22-47(29-56(50-10-2,51-11-3)52-12-4)41(48)31(28-45)25-32-16-17-36(54-32)37-19-18-35(55-37)33-26-30-27-34-39-38(40(30)53-42(33)49)44(7,8)21-24-46(39)23-20-43(34,5)6/h16-19,25-27H,9-15,20-24,29H2,1-8H3/b31-25+. The minimum atomic E-state index is -3.21. The Balaban J connectivity index is 1.29. The summed E-state index contributed by atoms with van der Waals surface area (Å²) in [4.78, 5) is 35.6. The fourth-order valence-electron chi connectivity index (χ4n) is 8.09. The van der Waals surface area contributed by atoms with Crippen LogP contribution in [-0.4, -0.2) is 65.2 Å². The normalized spacial score (nSPS) is 16.2. The van der Waals surface area contributed by atoms with E-state index in [2.05, 4.69) is 51.7 Å². The molecule has 4 aromatic rings. The number of amides is 1. The van der Waals surface area contributed by atoms with Crippen LogP contribution in [0.15, 0.2) is 51.2 Å². The van der Waals surface area contributed by atoms with E-state index in [1.54, 1.807) is 11.0 Å². The van der Waals surface area contributed by atoms with E-state index in [1.165, 1.54) is 33.9 Å². The van der Waals surface area contributed by atoms with Gasteiger partial charge in [0.05, 0.1) is 11.7 Å². The van der Waals surface area contributed by atoms with Crippen molar-refractivity contribution in [1.29, 1.82) is 5.26 Å². The smallest absolute Gasteiger partial charge is 0.422 e. The van der Waals surface area contributed by atoms with E-state index >= 15 is 0 Å². The molecule has 300 valence electrons. The molecule has 0 N–H and O–H groups in total. The van der Waals surface area contributed by atoms with Gasteiger partial charge in [-0.3, -0.25) is 4.79 Å². The molecule has 0 unspecified atom stereocenters. The number of anilines is 1. The Bertz CT molecular complexity index is 2160. The molecule has 0 bridgehead atoms. The molecule has 0 spiro atoms. The third-order valence-corrected chi connectivity index (χ3v) is 16.5. The second-order valence-electron chi connectivity index (χ2n) is 16.1. The Hall–Kier alpha value is -3.57. The monoisotopic (exact) mass is 815 g/mol. The van der Waals surface area contributed by atoms with E-state index in [-0.39, 0.29) is 34.1 Å². The summed E-state index contributed by atoms with van der Waals surface area (Å²) in [5.74, 6) is -0.355. The molecular weight excluding hydrogens is 759 g/mol. The first-order valence-electron chi connectivity index (χ1n) is 20.2. The zero-order valence-electron chi connectivity index (χ0n) is 34.3. The van der Waals surface area contributed by atoms with Crippen molar-refractivity contribution in [2.24, 2.45) is 0 Å². The van der Waals surface area contributed by atoms with Crippen molar-refractivity contribution in [3.63, 3.8) is 0 Å². The highest BCUT2D eigenvalue weighted by molar-refractivity contribution is 7.24. The van der Waals surface area contributed by atoms with Gasteiger partial charge in [-0.05, 0) is 98.9 Å². The number of carbonyl (C=O) groups is 1. The summed E-state index contributed by atoms with van der Waals surface area (Å²) in [7, 11) is -3.21. The van der Waals surface area contributed by atoms with Crippen molar-refractivity contribution in [2.45, 2.75) is 105 Å². The van der Waals surface area contributed by atoms with E-state index in [0.717, 1.165) is 82.1 Å². The molecule has 5 heterocycles. The van der Waals surface area contributed by atoms with Crippen LogP contribution in [0.25, 0.3) is 37.2 Å². The van der Waals surface area contributed by atoms with Gasteiger partial charge in [0.25, 0.3) is 5.91 Å². The predicted molar refractivity (Wildman–Crippen MR) is 232 cm³/mol. The van der Waals surface area contributed by atoms with Crippen LogP contribution in [0.1, 0.15) is 110 Å². The topological polar surface area (TPSA) is 105 Å². The van der Waals surface area contributed by atoms with Crippen LogP contribution in [0.5, 0.6) is 0 Å². The first kappa shape index (κ1) is 42.0. The quantitative estimate of drug-likeness (QED) is 0.0341. The summed E-state index contributed by atoms with van der Waals surface area (Å²) in [6.07, 6.45) is 7.88. The SMILES string of the molecule is CCCCCCN(C[Si](OCC)(OCC)OCC)C(=O)/C(C#N)=C/c1ccc(-c2ccc(-c3cc4cc5c6c(c4oc3=O)C(C)(C)CCN6CCC5(C)C)s2)s1. The Morgan fingerprint density at radius 1 is 0.911 bits per heavy atom. The number of nitrogens with zero attached hydrogens (tertiary/aromatic N) is 3. The van der Waals surface area contributed by atoms with E-state index in [9.17, 15) is 14.9 Å². The van der Waals surface area contributed by atoms with Crippen LogP contribution in [0.4, 0.5) is 5.69 Å². The molecule has 0 saturated heterocycles. The Morgan fingerprint density at radius 3 is 2.21 bits per heavy atom. The highest BCUT2D eigenvalue weighted by atomic mass is 32.1. The third-order valence-electron chi connectivity index (χ3n) is 11.2. The first-order valence-corrected chi connectivity index (χ1v) is 23.8. The van der Waals surface area contributed by atoms with Crippen molar-refractivity contribution in [1.82, 2.24) is 4.90 Å². The van der Waals surface area contributed by atoms with Crippen LogP contribution in [-0.2, 0) is 28.9 Å². The molecule has 56 heavy (non-hydrogen) atoms. The van der Waals surface area contributed by atoms with Gasteiger partial charge in [-0.15, -0.1) is 22.7 Å². The highest BCUT2D eigenvalue weighted by Crippen LogP contribution is 2.52. The average molecular weight is 816 g/mol. The molecule has 6 rings (SSSR count). The van der Waals surface area contributed by atoms with Crippen LogP contribution >= 0.6 is 22.7 Å². The number of hydrogen-bond donors (Lipinski definition) is 0. The van der Waals surface area contributed by atoms with Gasteiger partial charge in [0.15, 0.2) is 0 Å². The largest absolute Gasteiger partial charge is 0.521 e. The van der Waals surface area contributed by atoms with Crippen molar-refractivity contribution >= 4 is 60.1 Å². The summed E-state index contributed by atoms with van der Waals surface area (Å²) in [5.41, 5.74) is 4.65. The molecule has 1 aromatic carbocycles. The van der Waals surface area contributed by atoms with Gasteiger partial charge >= 0.3 is 14.4 Å². The lowest BCUT2D eigenvalue weighted by atomic mass is 9.69. The first-order chi connectivity index (χ1) is 26.8. The minimum Gasteiger partial charge on any atom is -0.422 e. The minimum absolute atomic E-state index is 0.0194. The lowest BCUT2D eigenvalue weighted by molar-refractivity contribution is -0.126. The summed E-state index contributed by atoms with van der Waals surface area (Å²) >= 11 is 3.04. The van der Waals surface area contributed by atoms with Gasteiger partial charge in [0.2, 0.25) is 0 Å². The van der Waals surface area contributed by atoms with Crippen molar-refractivity contribution < 1.29 is 22.5 Å². The summed E-state index contributed by atoms with van der Waals surface area (Å²) in [6, 6.07) is 14.4. The van der Waals surface area contributed by atoms with Gasteiger partial charge in [0.1, 0.15) is 17.2 Å². The maximum atomic E-state index is 14.1. The number of carbonyl (C=O) groups excluding carboxylic acids is 1. The maximum absolute atomic E-state index is 14.1. The van der Waals surface area contributed by atoms with E-state index in [4.69, 9.17) is 17.7 Å². The second kappa shape index (κ2) is 17.5. The zero-order chi connectivity index (χ0) is 40.3. The summed E-state index contributed by atoms with van der Waals surface area (Å²) < 4.78 is 24.6. The molecule has 3 aromatic heterocycles. The fraction of sp³-hybridized carbons (Fsp3) is 0.523. The number of benzene rings is 1. The maximum Gasteiger partial charge on any atom is 0.521 e. The second-order valence-corrected chi connectivity index (χ2v) is 20.8. The predicted octanol–water partition coefficient (Wildman–Crippen LogP) is 10.3. The molecule has 12 heteroatoms. The molecular formula is C44H57N3O6S2Si. The summed E-state index contributed by atoms with van der Waals surface area (Å²) in [5, 5.41) is 11.2. The van der Waals surface area contributed by atoms with E-state index in [1.807, 2.05) is 51.1 Å². The number of unbranched alkanes of at least 4 members (excludes halogenated alkanes) is 3. The molecule has 2 aliphatic heterocycles. The van der Waals surface area contributed by atoms with Crippen molar-refractivity contribution in [3.05, 3.63) is 68.4 Å². The zero-order valence-corrected chi connectivity index (χ0v) is 37.0. The van der Waals surface area contributed by atoms with Crippen LogP contribution in [0.3, 0.4) is 0 Å². The van der Waals surface area contributed by atoms with Crippen molar-refractivity contribution in [2.75, 3.05) is 50.5 Å². The van der Waals surface area contributed by atoms with Crippen LogP contribution in [0.2, 0.25) is 0 Å². The van der Waals surface area contributed by atoms with Gasteiger partial charge < -0.3 is 27.5 Å². The third kappa shape index (κ3) is 8.64. The molecule has 1 amide bonds. The highest BCUT2D eigenvalue weighted by Gasteiger charge is 2.45. The molecule has 0 saturated carbocycles. The van der Waals surface area contributed by atoms with Gasteiger partial charge in [-0.2, -0.15) is 5.26 Å². The number of fused-ring (bicyclic) bond motifs is 2. The lowest BCUT2D eigenvalue weighted by Crippen LogP contribution is -2.57. The number of hydrogen-bond acceptors (Lipinski definition) is 10. The Labute approximate surface area is 341 Å². The number of thiophene rings is 2. The molecule has 0 fully saturated rings. The summed E-state index contributed by atoms with van der Waals surface area (Å²) in [6.45, 7) is 20.7. The van der Waals surface area contributed by atoms with Gasteiger partial charge in [0, 0.05) is 75.6 Å². The lowest BCUT2D eigenvalue weighted by Gasteiger charge is -2.48. The van der Waals surface area contributed by atoms with Crippen LogP contribution in [0, 0.1) is 11.3 Å². The van der Waals surface area contributed by atoms with Gasteiger partial charge in [-0.25, -0.2) is 4.79 Å². The van der Waals surface area contributed by atoms with Gasteiger partial charge in [-0.1, -0.05) is 53.9 Å². The molecule has 0 atom stereocenters. The number of rotatable bonds is 17. The van der Waals surface area contributed by atoms with Crippen molar-refractivity contribution in [3.8, 4) is 26.3 Å². The molecule has 0 radical (unpaired) electrons. The van der Waals surface area contributed by atoms with E-state index < -0.39 is 8.80 Å². The Kier molecular flexibility index (Phi) is 13.1. The Morgan fingerprint density at radius 2 is 1.55 bits per heavy atom. The molecule has 0 aliphatic carbocycles.